The molecule has 0 spiro atoms. The van der Waals surface area contributed by atoms with Gasteiger partial charge in [-0.25, -0.2) is 9.88 Å². The fourth-order valence-corrected chi connectivity index (χ4v) is 4.19. The summed E-state index contributed by atoms with van der Waals surface area (Å²) in [6.07, 6.45) is 0.110. The Hall–Kier alpha value is -2.45. The van der Waals surface area contributed by atoms with Gasteiger partial charge >= 0.3 is 0 Å². The van der Waals surface area contributed by atoms with Gasteiger partial charge in [-0.3, -0.25) is 14.0 Å². The highest BCUT2D eigenvalue weighted by Crippen LogP contribution is 2.33. The lowest BCUT2D eigenvalue weighted by Gasteiger charge is -2.14. The van der Waals surface area contributed by atoms with Crippen molar-refractivity contribution in [1.29, 1.82) is 0 Å². The zero-order valence-corrected chi connectivity index (χ0v) is 15.6. The van der Waals surface area contributed by atoms with Gasteiger partial charge in [-0.1, -0.05) is 23.4 Å². The topological polar surface area (TPSA) is 80.5 Å². The molecule has 1 fully saturated rings. The van der Waals surface area contributed by atoms with Crippen LogP contribution in [-0.2, 0) is 9.59 Å². The van der Waals surface area contributed by atoms with E-state index in [2.05, 4.69) is 15.2 Å². The van der Waals surface area contributed by atoms with E-state index < -0.39 is 5.25 Å². The highest BCUT2D eigenvalue weighted by atomic mass is 35.5. The van der Waals surface area contributed by atoms with Crippen molar-refractivity contribution in [2.24, 2.45) is 0 Å². The van der Waals surface area contributed by atoms with Crippen LogP contribution < -0.4 is 4.90 Å². The van der Waals surface area contributed by atoms with Crippen molar-refractivity contribution in [2.75, 3.05) is 4.90 Å². The zero-order chi connectivity index (χ0) is 18.4. The predicted octanol–water partition coefficient (Wildman–Crippen LogP) is 2.82. The first-order valence-electron chi connectivity index (χ1n) is 7.92. The highest BCUT2D eigenvalue weighted by molar-refractivity contribution is 8.00. The van der Waals surface area contributed by atoms with Crippen molar-refractivity contribution in [1.82, 2.24) is 19.6 Å². The molecule has 1 aromatic carbocycles. The molecule has 7 nitrogen and oxygen atoms in total. The van der Waals surface area contributed by atoms with E-state index in [1.54, 1.807) is 28.7 Å². The van der Waals surface area contributed by atoms with E-state index >= 15 is 0 Å². The second-order valence-electron chi connectivity index (χ2n) is 6.01. The van der Waals surface area contributed by atoms with E-state index in [0.29, 0.717) is 21.6 Å². The van der Waals surface area contributed by atoms with E-state index in [1.165, 1.54) is 16.7 Å². The number of nitrogens with zero attached hydrogens (tertiary/aromatic N) is 5. The third-order valence-electron chi connectivity index (χ3n) is 4.10. The Labute approximate surface area is 158 Å². The van der Waals surface area contributed by atoms with E-state index in [-0.39, 0.29) is 18.2 Å². The third kappa shape index (κ3) is 2.85. The summed E-state index contributed by atoms with van der Waals surface area (Å²) in [4.78, 5) is 30.7. The number of carbonyl (C=O) groups excluding carboxylic acids is 2. The van der Waals surface area contributed by atoms with E-state index in [9.17, 15) is 9.59 Å². The first-order valence-corrected chi connectivity index (χ1v) is 9.18. The lowest BCUT2D eigenvalue weighted by molar-refractivity contribution is -0.121. The molecule has 2 amide bonds. The average molecular weight is 388 g/mol. The van der Waals surface area contributed by atoms with E-state index in [4.69, 9.17) is 11.6 Å². The minimum Gasteiger partial charge on any atom is -0.274 e. The molecular formula is C17H14ClN5O2S. The maximum absolute atomic E-state index is 12.8. The number of rotatable bonds is 3. The molecule has 0 bridgehead atoms. The van der Waals surface area contributed by atoms with Crippen molar-refractivity contribution in [3.05, 3.63) is 46.7 Å². The van der Waals surface area contributed by atoms with Crippen molar-refractivity contribution < 1.29 is 9.59 Å². The molecule has 1 atom stereocenters. The minimum absolute atomic E-state index is 0.110. The number of hydrogen-bond donors (Lipinski definition) is 0. The monoisotopic (exact) mass is 387 g/mol. The SMILES string of the molecule is Cc1cc(C)n2c(S[C@@H]3CC(=O)N(c4ccc(Cl)cc4)C3=O)nnc2n1. The van der Waals surface area contributed by atoms with Crippen molar-refractivity contribution in [3.8, 4) is 0 Å². The standard InChI is InChI=1S/C17H14ClN5O2S/c1-9-7-10(2)22-16(19-9)20-21-17(22)26-13-8-14(24)23(15(13)25)12-5-3-11(18)4-6-12/h3-7,13H,8H2,1-2H3/t13-/m1/s1. The van der Waals surface area contributed by atoms with Crippen LogP contribution in [-0.4, -0.2) is 36.6 Å². The molecule has 0 unspecified atom stereocenters. The maximum Gasteiger partial charge on any atom is 0.256 e. The van der Waals surface area contributed by atoms with Gasteiger partial charge in [-0.2, -0.15) is 0 Å². The summed E-state index contributed by atoms with van der Waals surface area (Å²) in [6, 6.07) is 8.55. The van der Waals surface area contributed by atoms with Crippen LogP contribution in [0.1, 0.15) is 17.8 Å². The summed E-state index contributed by atoms with van der Waals surface area (Å²) >= 11 is 7.11. The molecule has 0 N–H and O–H groups in total. The number of carbonyl (C=O) groups is 2. The number of fused-ring (bicyclic) bond motifs is 1. The van der Waals surface area contributed by atoms with Crippen molar-refractivity contribution in [2.45, 2.75) is 30.7 Å². The average Bonchev–Trinajstić information content (AvgIpc) is 3.10. The molecular weight excluding hydrogens is 374 g/mol. The summed E-state index contributed by atoms with van der Waals surface area (Å²) < 4.78 is 1.79. The molecule has 1 aliphatic heterocycles. The Balaban J connectivity index is 1.63. The lowest BCUT2D eigenvalue weighted by Crippen LogP contribution is -2.31. The van der Waals surface area contributed by atoms with Gasteiger partial charge in [-0.15, -0.1) is 10.2 Å². The molecule has 9 heteroatoms. The second kappa shape index (κ2) is 6.37. The molecule has 1 aliphatic rings. The van der Waals surface area contributed by atoms with Crippen LogP contribution >= 0.6 is 23.4 Å². The van der Waals surface area contributed by atoms with Gasteiger partial charge in [0.2, 0.25) is 11.8 Å². The molecule has 3 heterocycles. The highest BCUT2D eigenvalue weighted by Gasteiger charge is 2.41. The van der Waals surface area contributed by atoms with Crippen LogP contribution in [0.25, 0.3) is 5.78 Å². The van der Waals surface area contributed by atoms with Crippen LogP contribution in [0.4, 0.5) is 5.69 Å². The summed E-state index contributed by atoms with van der Waals surface area (Å²) in [5.74, 6) is -0.0255. The number of aryl methyl sites for hydroxylation is 2. The summed E-state index contributed by atoms with van der Waals surface area (Å²) in [6.45, 7) is 3.81. The predicted molar refractivity (Wildman–Crippen MR) is 98.5 cm³/mol. The number of thioether (sulfide) groups is 1. The minimum atomic E-state index is -0.550. The Kier molecular flexibility index (Phi) is 4.16. The molecule has 26 heavy (non-hydrogen) atoms. The van der Waals surface area contributed by atoms with Crippen molar-refractivity contribution in [3.63, 3.8) is 0 Å². The molecule has 2 aromatic heterocycles. The largest absolute Gasteiger partial charge is 0.274 e. The van der Waals surface area contributed by atoms with Crippen LogP contribution in [0.5, 0.6) is 0 Å². The first kappa shape index (κ1) is 17.0. The Morgan fingerprint density at radius 1 is 1.15 bits per heavy atom. The Bertz CT molecular complexity index is 1030. The zero-order valence-electron chi connectivity index (χ0n) is 14.0. The summed E-state index contributed by atoms with van der Waals surface area (Å²) in [5, 5.41) is 8.76. The van der Waals surface area contributed by atoms with Gasteiger partial charge < -0.3 is 0 Å². The van der Waals surface area contributed by atoms with E-state index in [1.807, 2.05) is 19.9 Å². The van der Waals surface area contributed by atoms with Gasteiger partial charge in [0.15, 0.2) is 5.16 Å². The van der Waals surface area contributed by atoms with E-state index in [0.717, 1.165) is 11.4 Å². The Morgan fingerprint density at radius 2 is 1.88 bits per heavy atom. The van der Waals surface area contributed by atoms with Crippen LogP contribution in [0.2, 0.25) is 5.02 Å². The number of hydrogen-bond acceptors (Lipinski definition) is 6. The molecule has 132 valence electrons. The maximum atomic E-state index is 12.8. The number of amides is 2. The number of benzene rings is 1. The number of imide groups is 1. The molecule has 4 rings (SSSR count). The molecule has 0 aliphatic carbocycles. The number of halogens is 1. The van der Waals surface area contributed by atoms with Gasteiger partial charge in [0, 0.05) is 22.8 Å². The van der Waals surface area contributed by atoms with Crippen LogP contribution in [0.15, 0.2) is 35.5 Å². The lowest BCUT2D eigenvalue weighted by atomic mass is 10.3. The molecule has 3 aromatic rings. The quantitative estimate of drug-likeness (QED) is 0.643. The second-order valence-corrected chi connectivity index (χ2v) is 7.62. The van der Waals surface area contributed by atoms with Crippen molar-refractivity contribution >= 4 is 46.6 Å². The molecule has 0 radical (unpaired) electrons. The summed E-state index contributed by atoms with van der Waals surface area (Å²) in [7, 11) is 0. The van der Waals surface area contributed by atoms with Gasteiger partial charge in [0.1, 0.15) is 5.25 Å². The smallest absolute Gasteiger partial charge is 0.256 e. The molecule has 1 saturated heterocycles. The fourth-order valence-electron chi connectivity index (χ4n) is 2.96. The first-order chi connectivity index (χ1) is 12.4. The van der Waals surface area contributed by atoms with Crippen LogP contribution in [0, 0.1) is 13.8 Å². The fraction of sp³-hybridized carbons (Fsp3) is 0.235. The van der Waals surface area contributed by atoms with Gasteiger partial charge in [-0.05, 0) is 44.2 Å². The number of aromatic nitrogens is 4. The Morgan fingerprint density at radius 3 is 2.62 bits per heavy atom. The third-order valence-corrected chi connectivity index (χ3v) is 5.48. The normalized spacial score (nSPS) is 17.5. The molecule has 0 saturated carbocycles. The van der Waals surface area contributed by atoms with Gasteiger partial charge in [0.25, 0.3) is 5.78 Å². The van der Waals surface area contributed by atoms with Crippen LogP contribution in [0.3, 0.4) is 0 Å². The van der Waals surface area contributed by atoms with Gasteiger partial charge in [0.05, 0.1) is 5.69 Å². The number of anilines is 1. The summed E-state index contributed by atoms with van der Waals surface area (Å²) in [5.41, 5.74) is 2.29.